The van der Waals surface area contributed by atoms with E-state index >= 15 is 0 Å². The normalized spacial score (nSPS) is 10.6. The van der Waals surface area contributed by atoms with Gasteiger partial charge < -0.3 is 9.84 Å². The average Bonchev–Trinajstić information content (AvgIpc) is 3.20. The molecule has 0 bridgehead atoms. The first-order valence-electron chi connectivity index (χ1n) is 8.67. The van der Waals surface area contributed by atoms with Gasteiger partial charge in [0.1, 0.15) is 0 Å². The molecule has 0 spiro atoms. The Kier molecular flexibility index (Phi) is 6.39. The highest BCUT2D eigenvalue weighted by atomic mass is 32.1. The molecule has 0 aliphatic heterocycles. The largest absolute Gasteiger partial charge is 0.481 e. The van der Waals surface area contributed by atoms with Crippen molar-refractivity contribution >= 4 is 17.3 Å². The molecule has 0 aliphatic carbocycles. The van der Waals surface area contributed by atoms with Gasteiger partial charge in [-0.3, -0.25) is 4.79 Å². The van der Waals surface area contributed by atoms with Crippen LogP contribution in [0.2, 0.25) is 0 Å². The quantitative estimate of drug-likeness (QED) is 0.507. The van der Waals surface area contributed by atoms with Crippen LogP contribution in [-0.2, 0) is 4.79 Å². The molecule has 0 saturated heterocycles. The molecule has 134 valence electrons. The Morgan fingerprint density at radius 2 is 1.85 bits per heavy atom. The summed E-state index contributed by atoms with van der Waals surface area (Å²) in [4.78, 5) is 15.2. The Morgan fingerprint density at radius 3 is 2.58 bits per heavy atom. The van der Waals surface area contributed by atoms with Gasteiger partial charge >= 0.3 is 5.97 Å². The van der Waals surface area contributed by atoms with Gasteiger partial charge in [-0.2, -0.15) is 11.3 Å². The molecule has 1 N–H and O–H groups in total. The number of rotatable bonds is 9. The summed E-state index contributed by atoms with van der Waals surface area (Å²) in [5, 5.41) is 12.8. The molecule has 4 nitrogen and oxygen atoms in total. The van der Waals surface area contributed by atoms with Crippen molar-refractivity contribution in [2.75, 3.05) is 6.61 Å². The third-order valence-electron chi connectivity index (χ3n) is 4.01. The summed E-state index contributed by atoms with van der Waals surface area (Å²) >= 11 is 1.64. The van der Waals surface area contributed by atoms with Crippen LogP contribution in [-0.4, -0.2) is 22.7 Å². The lowest BCUT2D eigenvalue weighted by atomic mass is 10.0. The van der Waals surface area contributed by atoms with E-state index in [9.17, 15) is 4.79 Å². The van der Waals surface area contributed by atoms with Crippen LogP contribution in [0.4, 0.5) is 0 Å². The third-order valence-corrected chi connectivity index (χ3v) is 4.69. The van der Waals surface area contributed by atoms with Crippen molar-refractivity contribution in [3.05, 3.63) is 59.3 Å². The van der Waals surface area contributed by atoms with Crippen LogP contribution in [0.25, 0.3) is 22.4 Å². The summed E-state index contributed by atoms with van der Waals surface area (Å²) in [6, 6.07) is 16.3. The van der Waals surface area contributed by atoms with Crippen LogP contribution < -0.4 is 4.74 Å². The van der Waals surface area contributed by atoms with E-state index in [0.717, 1.165) is 35.2 Å². The first-order valence-corrected chi connectivity index (χ1v) is 9.61. The molecule has 0 amide bonds. The molecular formula is C21H21NO3S. The average molecular weight is 367 g/mol. The predicted octanol–water partition coefficient (Wildman–Crippen LogP) is 5.50. The molecule has 0 aliphatic rings. The van der Waals surface area contributed by atoms with Crippen molar-refractivity contribution in [3.63, 3.8) is 0 Å². The minimum atomic E-state index is -0.747. The van der Waals surface area contributed by atoms with Crippen LogP contribution in [0.5, 0.6) is 5.88 Å². The van der Waals surface area contributed by atoms with Crippen molar-refractivity contribution in [2.24, 2.45) is 0 Å². The molecule has 5 heteroatoms. The lowest BCUT2D eigenvalue weighted by Crippen LogP contribution is -2.01. The molecule has 0 unspecified atom stereocenters. The smallest absolute Gasteiger partial charge is 0.303 e. The summed E-state index contributed by atoms with van der Waals surface area (Å²) in [6.45, 7) is 0.536. The van der Waals surface area contributed by atoms with Gasteiger partial charge in [0.2, 0.25) is 5.88 Å². The minimum Gasteiger partial charge on any atom is -0.481 e. The van der Waals surface area contributed by atoms with E-state index in [2.05, 4.69) is 34.6 Å². The van der Waals surface area contributed by atoms with E-state index in [0.29, 0.717) is 18.9 Å². The molecule has 0 radical (unpaired) electrons. The molecule has 3 aromatic rings. The number of carboxylic acid groups (broad SMARTS) is 1. The van der Waals surface area contributed by atoms with Gasteiger partial charge in [0.15, 0.2) is 0 Å². The van der Waals surface area contributed by atoms with Gasteiger partial charge in [-0.1, -0.05) is 30.3 Å². The summed E-state index contributed by atoms with van der Waals surface area (Å²) in [7, 11) is 0. The van der Waals surface area contributed by atoms with Crippen molar-refractivity contribution in [3.8, 4) is 28.3 Å². The maximum atomic E-state index is 10.5. The first kappa shape index (κ1) is 18.1. The molecule has 26 heavy (non-hydrogen) atoms. The number of benzene rings is 1. The van der Waals surface area contributed by atoms with Gasteiger partial charge in [-0.05, 0) is 47.9 Å². The fourth-order valence-electron chi connectivity index (χ4n) is 2.67. The fourth-order valence-corrected chi connectivity index (χ4v) is 3.32. The lowest BCUT2D eigenvalue weighted by Gasteiger charge is -2.10. The fraction of sp³-hybridized carbons (Fsp3) is 0.238. The molecule has 0 atom stereocenters. The highest BCUT2D eigenvalue weighted by molar-refractivity contribution is 7.08. The van der Waals surface area contributed by atoms with Gasteiger partial charge in [0, 0.05) is 23.4 Å². The first-order chi connectivity index (χ1) is 12.7. The third kappa shape index (κ3) is 5.17. The van der Waals surface area contributed by atoms with Crippen LogP contribution >= 0.6 is 11.3 Å². The molecule has 0 fully saturated rings. The number of ether oxygens (including phenoxy) is 1. The molecule has 0 saturated carbocycles. The zero-order valence-corrected chi connectivity index (χ0v) is 15.2. The number of aromatic nitrogens is 1. The van der Waals surface area contributed by atoms with E-state index < -0.39 is 5.97 Å². The van der Waals surface area contributed by atoms with E-state index in [4.69, 9.17) is 9.84 Å². The molecule has 1 aromatic carbocycles. The predicted molar refractivity (Wildman–Crippen MR) is 105 cm³/mol. The van der Waals surface area contributed by atoms with Crippen molar-refractivity contribution < 1.29 is 14.6 Å². The zero-order chi connectivity index (χ0) is 18.2. The SMILES string of the molecule is O=C(O)CCCCCOc1cc(-c2ccccc2)cc(-c2ccsc2)n1. The Morgan fingerprint density at radius 1 is 1.00 bits per heavy atom. The highest BCUT2D eigenvalue weighted by Gasteiger charge is 2.08. The Labute approximate surface area is 157 Å². The summed E-state index contributed by atoms with van der Waals surface area (Å²) < 4.78 is 5.86. The summed E-state index contributed by atoms with van der Waals surface area (Å²) in [6.07, 6.45) is 2.54. The highest BCUT2D eigenvalue weighted by Crippen LogP contribution is 2.29. The zero-order valence-electron chi connectivity index (χ0n) is 14.4. The second kappa shape index (κ2) is 9.15. The van der Waals surface area contributed by atoms with Gasteiger partial charge in [0.25, 0.3) is 0 Å². The van der Waals surface area contributed by atoms with Crippen LogP contribution in [0, 0.1) is 0 Å². The van der Waals surface area contributed by atoms with E-state index in [-0.39, 0.29) is 6.42 Å². The van der Waals surface area contributed by atoms with Crippen LogP contribution in [0.3, 0.4) is 0 Å². The molecule has 2 heterocycles. The topological polar surface area (TPSA) is 59.4 Å². The second-order valence-electron chi connectivity index (χ2n) is 6.01. The maximum absolute atomic E-state index is 10.5. The number of carboxylic acids is 1. The Balaban J connectivity index is 1.72. The molecule has 2 aromatic heterocycles. The van der Waals surface area contributed by atoms with Crippen LogP contribution in [0.15, 0.2) is 59.3 Å². The van der Waals surface area contributed by atoms with Gasteiger partial charge in [-0.15, -0.1) is 0 Å². The second-order valence-corrected chi connectivity index (χ2v) is 6.79. The number of unbranched alkanes of at least 4 members (excludes halogenated alkanes) is 2. The van der Waals surface area contributed by atoms with Crippen molar-refractivity contribution in [1.29, 1.82) is 0 Å². The summed E-state index contributed by atoms with van der Waals surface area (Å²) in [5.41, 5.74) is 4.17. The maximum Gasteiger partial charge on any atom is 0.303 e. The number of hydrogen-bond acceptors (Lipinski definition) is 4. The molecular weight excluding hydrogens is 346 g/mol. The van der Waals surface area contributed by atoms with Crippen molar-refractivity contribution in [1.82, 2.24) is 4.98 Å². The van der Waals surface area contributed by atoms with E-state index in [1.54, 1.807) is 11.3 Å². The standard InChI is InChI=1S/C21H21NO3S/c23-21(24)9-5-2-6-11-25-20-14-18(16-7-3-1-4-8-16)13-19(22-20)17-10-12-26-15-17/h1,3-4,7-8,10,12-15H,2,5-6,9,11H2,(H,23,24). The number of pyridine rings is 1. The van der Waals surface area contributed by atoms with E-state index in [1.165, 1.54) is 0 Å². The number of nitrogens with zero attached hydrogens (tertiary/aromatic N) is 1. The Hall–Kier alpha value is -2.66. The van der Waals surface area contributed by atoms with Gasteiger partial charge in [0.05, 0.1) is 12.3 Å². The number of thiophene rings is 1. The van der Waals surface area contributed by atoms with Crippen molar-refractivity contribution in [2.45, 2.75) is 25.7 Å². The Bertz CT molecular complexity index is 832. The molecule has 3 rings (SSSR count). The van der Waals surface area contributed by atoms with E-state index in [1.807, 2.05) is 29.6 Å². The summed E-state index contributed by atoms with van der Waals surface area (Å²) in [5.74, 6) is -0.144. The lowest BCUT2D eigenvalue weighted by molar-refractivity contribution is -0.137. The van der Waals surface area contributed by atoms with Crippen LogP contribution in [0.1, 0.15) is 25.7 Å². The number of aliphatic carboxylic acids is 1. The minimum absolute atomic E-state index is 0.212. The van der Waals surface area contributed by atoms with Gasteiger partial charge in [-0.25, -0.2) is 4.98 Å². The number of hydrogen-bond donors (Lipinski definition) is 1. The number of carbonyl (C=O) groups is 1. The monoisotopic (exact) mass is 367 g/mol.